The molecule has 1 amide bonds. The molecule has 1 aromatic rings. The third-order valence-corrected chi connectivity index (χ3v) is 3.37. The number of carbonyl (C=O) groups is 1. The third-order valence-electron chi connectivity index (χ3n) is 2.73. The van der Waals surface area contributed by atoms with E-state index in [0.717, 1.165) is 17.5 Å². The highest BCUT2D eigenvalue weighted by Gasteiger charge is 2.26. The molecule has 0 spiro atoms. The molecule has 86 valence electrons. The SMILES string of the molecule is CN(C(=O)c1ncccc1Br)C1CCOC1. The number of pyridine rings is 1. The molecular weight excluding hydrogens is 272 g/mol. The van der Waals surface area contributed by atoms with Gasteiger partial charge in [-0.2, -0.15) is 0 Å². The van der Waals surface area contributed by atoms with E-state index in [4.69, 9.17) is 4.74 Å². The summed E-state index contributed by atoms with van der Waals surface area (Å²) >= 11 is 3.33. The van der Waals surface area contributed by atoms with E-state index in [0.29, 0.717) is 12.3 Å². The lowest BCUT2D eigenvalue weighted by atomic mass is 10.2. The van der Waals surface area contributed by atoms with Crippen molar-refractivity contribution in [3.05, 3.63) is 28.5 Å². The van der Waals surface area contributed by atoms with Crippen molar-refractivity contribution in [1.82, 2.24) is 9.88 Å². The van der Waals surface area contributed by atoms with E-state index in [1.165, 1.54) is 0 Å². The van der Waals surface area contributed by atoms with Crippen molar-refractivity contribution in [2.24, 2.45) is 0 Å². The normalized spacial score (nSPS) is 19.8. The van der Waals surface area contributed by atoms with Crippen LogP contribution in [0, 0.1) is 0 Å². The smallest absolute Gasteiger partial charge is 0.273 e. The number of rotatable bonds is 2. The van der Waals surface area contributed by atoms with Crippen molar-refractivity contribution in [2.75, 3.05) is 20.3 Å². The van der Waals surface area contributed by atoms with Crippen LogP contribution in [0.1, 0.15) is 16.9 Å². The van der Waals surface area contributed by atoms with Crippen LogP contribution in [0.25, 0.3) is 0 Å². The molecule has 0 aromatic carbocycles. The first kappa shape index (κ1) is 11.5. The lowest BCUT2D eigenvalue weighted by Crippen LogP contribution is -2.37. The Morgan fingerprint density at radius 1 is 1.69 bits per heavy atom. The molecule has 5 heteroatoms. The van der Waals surface area contributed by atoms with Gasteiger partial charge >= 0.3 is 0 Å². The van der Waals surface area contributed by atoms with Crippen molar-refractivity contribution in [3.63, 3.8) is 0 Å². The molecule has 1 atom stereocenters. The van der Waals surface area contributed by atoms with Crippen LogP contribution in [-0.2, 0) is 4.74 Å². The van der Waals surface area contributed by atoms with Crippen LogP contribution in [0.4, 0.5) is 0 Å². The molecule has 2 heterocycles. The summed E-state index contributed by atoms with van der Waals surface area (Å²) in [5.41, 5.74) is 0.455. The number of likely N-dealkylation sites (N-methyl/N-ethyl adjacent to an activating group) is 1. The average molecular weight is 285 g/mol. The molecule has 1 fully saturated rings. The monoisotopic (exact) mass is 284 g/mol. The summed E-state index contributed by atoms with van der Waals surface area (Å²) in [6, 6.07) is 3.78. The summed E-state index contributed by atoms with van der Waals surface area (Å²) in [5, 5.41) is 0. The zero-order valence-electron chi connectivity index (χ0n) is 9.02. The van der Waals surface area contributed by atoms with Gasteiger partial charge in [-0.3, -0.25) is 4.79 Å². The number of halogens is 1. The number of carbonyl (C=O) groups excluding carboxylic acids is 1. The van der Waals surface area contributed by atoms with Crippen LogP contribution in [0.5, 0.6) is 0 Å². The van der Waals surface area contributed by atoms with E-state index in [-0.39, 0.29) is 11.9 Å². The fourth-order valence-electron chi connectivity index (χ4n) is 1.70. The second-order valence-corrected chi connectivity index (χ2v) is 4.62. The molecule has 0 saturated carbocycles. The summed E-state index contributed by atoms with van der Waals surface area (Å²) in [7, 11) is 1.79. The maximum Gasteiger partial charge on any atom is 0.273 e. The molecule has 1 unspecified atom stereocenters. The molecule has 16 heavy (non-hydrogen) atoms. The van der Waals surface area contributed by atoms with Crippen LogP contribution in [0.3, 0.4) is 0 Å². The second-order valence-electron chi connectivity index (χ2n) is 3.77. The molecule has 0 bridgehead atoms. The van der Waals surface area contributed by atoms with Crippen molar-refractivity contribution < 1.29 is 9.53 Å². The van der Waals surface area contributed by atoms with Crippen molar-refractivity contribution >= 4 is 21.8 Å². The number of aromatic nitrogens is 1. The third kappa shape index (κ3) is 2.25. The number of ether oxygens (including phenoxy) is 1. The van der Waals surface area contributed by atoms with Gasteiger partial charge in [-0.1, -0.05) is 0 Å². The maximum absolute atomic E-state index is 12.1. The van der Waals surface area contributed by atoms with Crippen LogP contribution >= 0.6 is 15.9 Å². The van der Waals surface area contributed by atoms with Gasteiger partial charge in [-0.15, -0.1) is 0 Å². The number of nitrogens with zero attached hydrogens (tertiary/aromatic N) is 2. The van der Waals surface area contributed by atoms with Crippen LogP contribution in [0.2, 0.25) is 0 Å². The van der Waals surface area contributed by atoms with E-state index in [1.807, 2.05) is 6.07 Å². The van der Waals surface area contributed by atoms with E-state index < -0.39 is 0 Å². The van der Waals surface area contributed by atoms with E-state index >= 15 is 0 Å². The standard InChI is InChI=1S/C11H13BrN2O2/c1-14(8-4-6-16-7-8)11(15)10-9(12)3-2-5-13-10/h2-3,5,8H,4,6-7H2,1H3. The Labute approximate surface area is 103 Å². The van der Waals surface area contributed by atoms with Gasteiger partial charge in [0, 0.05) is 24.3 Å². The minimum Gasteiger partial charge on any atom is -0.379 e. The Morgan fingerprint density at radius 3 is 3.12 bits per heavy atom. The highest BCUT2D eigenvalue weighted by molar-refractivity contribution is 9.10. The Balaban J connectivity index is 2.15. The molecule has 1 aromatic heterocycles. The highest BCUT2D eigenvalue weighted by atomic mass is 79.9. The molecule has 0 aliphatic carbocycles. The second kappa shape index (κ2) is 4.93. The van der Waals surface area contributed by atoms with Crippen molar-refractivity contribution in [1.29, 1.82) is 0 Å². The maximum atomic E-state index is 12.1. The topological polar surface area (TPSA) is 42.4 Å². The zero-order valence-corrected chi connectivity index (χ0v) is 10.6. The van der Waals surface area contributed by atoms with Crippen LogP contribution < -0.4 is 0 Å². The molecule has 2 rings (SSSR count). The first-order valence-corrected chi connectivity index (χ1v) is 5.95. The Kier molecular flexibility index (Phi) is 3.56. The van der Waals surface area contributed by atoms with E-state index in [9.17, 15) is 4.79 Å². The zero-order chi connectivity index (χ0) is 11.5. The molecule has 0 radical (unpaired) electrons. The molecule has 1 aliphatic rings. The summed E-state index contributed by atoms with van der Waals surface area (Å²) in [5.74, 6) is -0.0667. The van der Waals surface area contributed by atoms with Gasteiger partial charge in [0.2, 0.25) is 0 Å². The van der Waals surface area contributed by atoms with Gasteiger partial charge < -0.3 is 9.64 Å². The molecule has 1 saturated heterocycles. The first-order valence-electron chi connectivity index (χ1n) is 5.15. The summed E-state index contributed by atoms with van der Waals surface area (Å²) < 4.78 is 6.00. The summed E-state index contributed by atoms with van der Waals surface area (Å²) in [6.07, 6.45) is 2.52. The summed E-state index contributed by atoms with van der Waals surface area (Å²) in [4.78, 5) is 17.9. The number of amides is 1. The quantitative estimate of drug-likeness (QED) is 0.830. The minimum absolute atomic E-state index is 0.0667. The largest absolute Gasteiger partial charge is 0.379 e. The van der Waals surface area contributed by atoms with Crippen LogP contribution in [0.15, 0.2) is 22.8 Å². The van der Waals surface area contributed by atoms with Gasteiger partial charge in [-0.25, -0.2) is 4.98 Å². The van der Waals surface area contributed by atoms with Gasteiger partial charge in [0.05, 0.1) is 12.6 Å². The first-order chi connectivity index (χ1) is 7.70. The Hall–Kier alpha value is -0.940. The van der Waals surface area contributed by atoms with E-state index in [1.54, 1.807) is 24.2 Å². The van der Waals surface area contributed by atoms with Gasteiger partial charge in [-0.05, 0) is 34.5 Å². The molecular formula is C11H13BrN2O2. The highest BCUT2D eigenvalue weighted by Crippen LogP contribution is 2.18. The molecule has 1 aliphatic heterocycles. The Morgan fingerprint density at radius 2 is 2.50 bits per heavy atom. The summed E-state index contributed by atoms with van der Waals surface area (Å²) in [6.45, 7) is 1.35. The Bertz CT molecular complexity index is 391. The van der Waals surface area contributed by atoms with Crippen molar-refractivity contribution in [3.8, 4) is 0 Å². The number of hydrogen-bond acceptors (Lipinski definition) is 3. The predicted octanol–water partition coefficient (Wildman–Crippen LogP) is 1.71. The van der Waals surface area contributed by atoms with Crippen LogP contribution in [-0.4, -0.2) is 42.1 Å². The minimum atomic E-state index is -0.0667. The van der Waals surface area contributed by atoms with E-state index in [2.05, 4.69) is 20.9 Å². The fourth-order valence-corrected chi connectivity index (χ4v) is 2.13. The molecule has 0 N–H and O–H groups in total. The number of hydrogen-bond donors (Lipinski definition) is 0. The lowest BCUT2D eigenvalue weighted by molar-refractivity contribution is 0.0704. The lowest BCUT2D eigenvalue weighted by Gasteiger charge is -2.22. The van der Waals surface area contributed by atoms with Gasteiger partial charge in [0.25, 0.3) is 5.91 Å². The van der Waals surface area contributed by atoms with Gasteiger partial charge in [0.15, 0.2) is 0 Å². The van der Waals surface area contributed by atoms with Gasteiger partial charge in [0.1, 0.15) is 5.69 Å². The molecule has 4 nitrogen and oxygen atoms in total. The average Bonchev–Trinajstić information content (AvgIpc) is 2.81. The predicted molar refractivity (Wildman–Crippen MR) is 63.3 cm³/mol. The fraction of sp³-hybridized carbons (Fsp3) is 0.455. The van der Waals surface area contributed by atoms with Crippen molar-refractivity contribution in [2.45, 2.75) is 12.5 Å².